The van der Waals surface area contributed by atoms with Gasteiger partial charge in [0.15, 0.2) is 6.29 Å². The van der Waals surface area contributed by atoms with Crippen LogP contribution in [0.15, 0.2) is 42.5 Å². The minimum atomic E-state index is -4.98. The highest BCUT2D eigenvalue weighted by Crippen LogP contribution is 2.39. The van der Waals surface area contributed by atoms with Crippen LogP contribution in [0.5, 0.6) is 0 Å². The Labute approximate surface area is 240 Å². The number of ether oxygens (including phenoxy) is 3. The Kier molecular flexibility index (Phi) is 10.5. The minimum absolute atomic E-state index is 0.0781. The SMILES string of the molecule is COCC1CCCN1CC#CCN1CCOC(OC(C)c2cc(C(F)(F)F)cc(C(F)(F)F)c2)C1c1ccc(F)cc1. The van der Waals surface area contributed by atoms with Crippen molar-refractivity contribution in [2.45, 2.75) is 56.6 Å². The Morgan fingerprint density at radius 2 is 1.55 bits per heavy atom. The van der Waals surface area contributed by atoms with Crippen LogP contribution in [0, 0.1) is 17.7 Å². The summed E-state index contributed by atoms with van der Waals surface area (Å²) in [5.74, 6) is 5.89. The van der Waals surface area contributed by atoms with Crippen LogP contribution in [0.2, 0.25) is 0 Å². The van der Waals surface area contributed by atoms with Gasteiger partial charge in [0.2, 0.25) is 0 Å². The Morgan fingerprint density at radius 3 is 2.14 bits per heavy atom. The molecule has 4 unspecified atom stereocenters. The summed E-state index contributed by atoms with van der Waals surface area (Å²) in [6.07, 6.45) is -10.1. The number of benzene rings is 2. The molecule has 42 heavy (non-hydrogen) atoms. The van der Waals surface area contributed by atoms with Gasteiger partial charge in [-0.05, 0) is 67.8 Å². The van der Waals surface area contributed by atoms with E-state index in [9.17, 15) is 30.7 Å². The standard InChI is InChI=1S/C30H33F7N2O3/c1-20(22-16-23(29(32,33)34)18-24(17-22)30(35,36)37)42-28-27(21-7-9-25(31)10-8-21)39(14-15-41-28)12-4-3-11-38-13-5-6-26(38)19-40-2/h7-10,16-18,20,26-28H,5-6,11-15,19H2,1-2H3. The fourth-order valence-corrected chi connectivity index (χ4v) is 5.30. The molecule has 0 radical (unpaired) electrons. The summed E-state index contributed by atoms with van der Waals surface area (Å²) in [7, 11) is 1.66. The molecule has 2 aromatic rings. The van der Waals surface area contributed by atoms with E-state index in [2.05, 4.69) is 16.7 Å². The molecular formula is C30H33F7N2O3. The molecule has 2 fully saturated rings. The number of nitrogens with zero attached hydrogens (tertiary/aromatic N) is 2. The van der Waals surface area contributed by atoms with Gasteiger partial charge in [-0.15, -0.1) is 0 Å². The van der Waals surface area contributed by atoms with Crippen molar-refractivity contribution in [2.75, 3.05) is 46.5 Å². The van der Waals surface area contributed by atoms with Crippen molar-refractivity contribution in [2.24, 2.45) is 0 Å². The zero-order valence-electron chi connectivity index (χ0n) is 23.3. The van der Waals surface area contributed by atoms with Crippen LogP contribution in [0.1, 0.15) is 54.2 Å². The van der Waals surface area contributed by atoms with Gasteiger partial charge in [-0.3, -0.25) is 9.80 Å². The lowest BCUT2D eigenvalue weighted by molar-refractivity contribution is -0.228. The largest absolute Gasteiger partial charge is 0.416 e. The second kappa shape index (κ2) is 13.7. The summed E-state index contributed by atoms with van der Waals surface area (Å²) in [6, 6.07) is 6.66. The lowest BCUT2D eigenvalue weighted by Gasteiger charge is -2.41. The van der Waals surface area contributed by atoms with Gasteiger partial charge in [-0.1, -0.05) is 24.0 Å². The second-order valence-corrected chi connectivity index (χ2v) is 10.4. The zero-order valence-corrected chi connectivity index (χ0v) is 23.3. The molecule has 12 heteroatoms. The Balaban J connectivity index is 1.55. The first kappa shape index (κ1) is 32.2. The molecule has 0 saturated carbocycles. The van der Waals surface area contributed by atoms with Crippen molar-refractivity contribution in [1.29, 1.82) is 0 Å². The minimum Gasteiger partial charge on any atom is -0.383 e. The summed E-state index contributed by atoms with van der Waals surface area (Å²) in [5, 5.41) is 0. The zero-order chi connectivity index (χ0) is 30.5. The smallest absolute Gasteiger partial charge is 0.383 e. The lowest BCUT2D eigenvalue weighted by atomic mass is 10.0. The Hall–Kier alpha value is -2.69. The molecule has 0 spiro atoms. The topological polar surface area (TPSA) is 34.2 Å². The third-order valence-corrected chi connectivity index (χ3v) is 7.49. The third-order valence-electron chi connectivity index (χ3n) is 7.49. The predicted molar refractivity (Wildman–Crippen MR) is 141 cm³/mol. The van der Waals surface area contributed by atoms with Gasteiger partial charge in [0.05, 0.1) is 49.6 Å². The monoisotopic (exact) mass is 602 g/mol. The van der Waals surface area contributed by atoms with Gasteiger partial charge in [0.1, 0.15) is 5.82 Å². The first-order valence-corrected chi connectivity index (χ1v) is 13.6. The van der Waals surface area contributed by atoms with Gasteiger partial charge in [0, 0.05) is 19.7 Å². The van der Waals surface area contributed by atoms with Crippen molar-refractivity contribution in [1.82, 2.24) is 9.80 Å². The molecule has 0 amide bonds. The van der Waals surface area contributed by atoms with Crippen molar-refractivity contribution in [3.05, 3.63) is 70.5 Å². The molecule has 0 N–H and O–H groups in total. The first-order chi connectivity index (χ1) is 19.9. The number of likely N-dealkylation sites (tertiary alicyclic amines) is 1. The quantitative estimate of drug-likeness (QED) is 0.256. The molecule has 4 atom stereocenters. The van der Waals surface area contributed by atoms with Crippen LogP contribution in [-0.2, 0) is 26.6 Å². The van der Waals surface area contributed by atoms with E-state index in [1.54, 1.807) is 19.2 Å². The van der Waals surface area contributed by atoms with Crippen molar-refractivity contribution >= 4 is 0 Å². The molecule has 2 aromatic carbocycles. The molecule has 2 aliphatic heterocycles. The second-order valence-electron chi connectivity index (χ2n) is 10.4. The van der Waals surface area contributed by atoms with Crippen LogP contribution >= 0.6 is 0 Å². The molecule has 5 nitrogen and oxygen atoms in total. The van der Waals surface area contributed by atoms with E-state index in [-0.39, 0.29) is 18.2 Å². The highest BCUT2D eigenvalue weighted by molar-refractivity contribution is 5.35. The number of alkyl halides is 6. The van der Waals surface area contributed by atoms with Crippen LogP contribution in [0.25, 0.3) is 0 Å². The predicted octanol–water partition coefficient (Wildman–Crippen LogP) is 6.45. The number of methoxy groups -OCH3 is 1. The number of rotatable bonds is 8. The van der Waals surface area contributed by atoms with E-state index in [0.29, 0.717) is 50.0 Å². The van der Waals surface area contributed by atoms with Crippen molar-refractivity contribution in [3.63, 3.8) is 0 Å². The van der Waals surface area contributed by atoms with E-state index in [4.69, 9.17) is 14.2 Å². The fraction of sp³-hybridized carbons (Fsp3) is 0.533. The highest BCUT2D eigenvalue weighted by atomic mass is 19.4. The maximum atomic E-state index is 13.7. The van der Waals surface area contributed by atoms with Gasteiger partial charge in [0.25, 0.3) is 0 Å². The molecule has 0 bridgehead atoms. The third kappa shape index (κ3) is 8.23. The van der Waals surface area contributed by atoms with Gasteiger partial charge in [-0.25, -0.2) is 4.39 Å². The van der Waals surface area contributed by atoms with Crippen LogP contribution in [0.4, 0.5) is 30.7 Å². The maximum absolute atomic E-state index is 13.7. The summed E-state index contributed by atoms with van der Waals surface area (Å²) < 4.78 is 112. The van der Waals surface area contributed by atoms with E-state index in [0.717, 1.165) is 19.4 Å². The van der Waals surface area contributed by atoms with E-state index < -0.39 is 47.7 Å². The number of hydrogen-bond acceptors (Lipinski definition) is 5. The van der Waals surface area contributed by atoms with Crippen LogP contribution in [0.3, 0.4) is 0 Å². The normalized spacial score (nSPS) is 23.0. The van der Waals surface area contributed by atoms with Crippen molar-refractivity contribution < 1.29 is 44.9 Å². The van der Waals surface area contributed by atoms with Gasteiger partial charge in [-0.2, -0.15) is 26.3 Å². The van der Waals surface area contributed by atoms with Crippen molar-refractivity contribution in [3.8, 4) is 11.8 Å². The van der Waals surface area contributed by atoms with E-state index in [1.165, 1.54) is 19.1 Å². The summed E-state index contributed by atoms with van der Waals surface area (Å²) in [6.45, 7) is 4.41. The molecule has 2 aliphatic rings. The molecule has 2 heterocycles. The molecule has 4 rings (SSSR count). The summed E-state index contributed by atoms with van der Waals surface area (Å²) in [4.78, 5) is 4.20. The maximum Gasteiger partial charge on any atom is 0.416 e. The lowest BCUT2D eigenvalue weighted by Crippen LogP contribution is -2.47. The highest BCUT2D eigenvalue weighted by Gasteiger charge is 2.39. The number of hydrogen-bond donors (Lipinski definition) is 0. The molecule has 230 valence electrons. The Morgan fingerprint density at radius 1 is 0.929 bits per heavy atom. The van der Waals surface area contributed by atoms with Crippen LogP contribution in [-0.4, -0.2) is 68.6 Å². The van der Waals surface area contributed by atoms with E-state index >= 15 is 0 Å². The fourth-order valence-electron chi connectivity index (χ4n) is 5.30. The number of halogens is 7. The van der Waals surface area contributed by atoms with E-state index in [1.807, 2.05) is 4.90 Å². The number of morpholine rings is 1. The molecule has 0 aromatic heterocycles. The first-order valence-electron chi connectivity index (χ1n) is 13.6. The average molecular weight is 603 g/mol. The van der Waals surface area contributed by atoms with Crippen LogP contribution < -0.4 is 0 Å². The molecule has 2 saturated heterocycles. The summed E-state index contributed by atoms with van der Waals surface area (Å²) >= 11 is 0. The summed E-state index contributed by atoms with van der Waals surface area (Å²) in [5.41, 5.74) is -2.54. The average Bonchev–Trinajstić information content (AvgIpc) is 3.37. The van der Waals surface area contributed by atoms with Gasteiger partial charge >= 0.3 is 12.4 Å². The molecular weight excluding hydrogens is 569 g/mol. The molecule has 0 aliphatic carbocycles. The van der Waals surface area contributed by atoms with Gasteiger partial charge < -0.3 is 14.2 Å². The Bertz CT molecular complexity index is 1210.